The van der Waals surface area contributed by atoms with Gasteiger partial charge in [-0.15, -0.1) is 22.7 Å². The van der Waals surface area contributed by atoms with Crippen LogP contribution in [-0.2, 0) is 0 Å². The first kappa shape index (κ1) is 29.8. The highest BCUT2D eigenvalue weighted by atomic mass is 32.1. The van der Waals surface area contributed by atoms with Crippen molar-refractivity contribution in [3.63, 3.8) is 0 Å². The summed E-state index contributed by atoms with van der Waals surface area (Å²) in [6.07, 6.45) is 0. The Hall–Kier alpha value is -6.07. The van der Waals surface area contributed by atoms with Crippen molar-refractivity contribution in [3.05, 3.63) is 182 Å². The third-order valence-electron chi connectivity index (χ3n) is 9.68. The molecule has 0 aliphatic heterocycles. The zero-order valence-corrected chi connectivity index (χ0v) is 29.2. The molecule has 2 nitrogen and oxygen atoms in total. The van der Waals surface area contributed by atoms with Gasteiger partial charge in [0.05, 0.1) is 15.9 Å². The Kier molecular flexibility index (Phi) is 7.23. The minimum absolute atomic E-state index is 1.02. The van der Waals surface area contributed by atoms with Crippen molar-refractivity contribution in [2.75, 3.05) is 4.90 Å². The van der Waals surface area contributed by atoms with Crippen molar-refractivity contribution in [1.82, 2.24) is 4.98 Å². The molecule has 0 amide bonds. The number of thiazole rings is 1. The SMILES string of the molecule is c1ccc(-c2ccc(-c3nc4cc5sc6ccccc6c5c(N(c5ccccc5)c5ccc(-c6ccc7ccccc7c6)cc5)c4s3)cc2)cc1. The Morgan fingerprint density at radius 3 is 1.80 bits per heavy atom. The molecule has 51 heavy (non-hydrogen) atoms. The van der Waals surface area contributed by atoms with E-state index >= 15 is 0 Å². The van der Waals surface area contributed by atoms with E-state index in [-0.39, 0.29) is 0 Å². The molecule has 0 aliphatic rings. The van der Waals surface area contributed by atoms with E-state index in [0.29, 0.717) is 0 Å². The number of aromatic nitrogens is 1. The average Bonchev–Trinajstić information content (AvgIpc) is 3.80. The number of para-hydroxylation sites is 1. The lowest BCUT2D eigenvalue weighted by atomic mass is 10.0. The highest BCUT2D eigenvalue weighted by Crippen LogP contribution is 2.51. The Morgan fingerprint density at radius 2 is 1.00 bits per heavy atom. The van der Waals surface area contributed by atoms with Gasteiger partial charge in [0, 0.05) is 37.1 Å². The summed E-state index contributed by atoms with van der Waals surface area (Å²) >= 11 is 3.62. The lowest BCUT2D eigenvalue weighted by Crippen LogP contribution is -2.10. The topological polar surface area (TPSA) is 16.1 Å². The second kappa shape index (κ2) is 12.4. The van der Waals surface area contributed by atoms with Crippen LogP contribution in [0.2, 0.25) is 0 Å². The van der Waals surface area contributed by atoms with Crippen LogP contribution < -0.4 is 4.90 Å². The number of nitrogens with zero attached hydrogens (tertiary/aromatic N) is 2. The van der Waals surface area contributed by atoms with Crippen LogP contribution in [0.1, 0.15) is 0 Å². The van der Waals surface area contributed by atoms with Gasteiger partial charge in [0.15, 0.2) is 0 Å². The standard InChI is InChI=1S/C47H30N2S2/c1-3-11-31(12-4-1)33-19-22-35(23-20-33)47-48-41-30-43-44(40-17-9-10-18-42(40)50-43)45(46(41)51-47)49(38-15-5-2-6-16-38)39-27-25-34(26-28-39)37-24-21-32-13-7-8-14-36(32)29-37/h1-30H. The monoisotopic (exact) mass is 686 g/mol. The molecule has 0 unspecified atom stereocenters. The smallest absolute Gasteiger partial charge is 0.124 e. The molecule has 0 saturated heterocycles. The molecule has 0 saturated carbocycles. The number of thiophene rings is 1. The zero-order chi connectivity index (χ0) is 33.7. The van der Waals surface area contributed by atoms with E-state index in [1.54, 1.807) is 11.3 Å². The Bertz CT molecular complexity index is 2840. The highest BCUT2D eigenvalue weighted by molar-refractivity contribution is 7.26. The van der Waals surface area contributed by atoms with Crippen molar-refractivity contribution >= 4 is 80.9 Å². The largest absolute Gasteiger partial charge is 0.308 e. The first-order valence-corrected chi connectivity index (χ1v) is 18.8. The molecule has 0 N–H and O–H groups in total. The normalized spacial score (nSPS) is 11.5. The third kappa shape index (κ3) is 5.28. The van der Waals surface area contributed by atoms with E-state index in [1.165, 1.54) is 63.6 Å². The second-order valence-electron chi connectivity index (χ2n) is 12.8. The number of benzene rings is 8. The van der Waals surface area contributed by atoms with Crippen LogP contribution in [0.4, 0.5) is 17.1 Å². The molecule has 0 radical (unpaired) electrons. The van der Waals surface area contributed by atoms with E-state index in [0.717, 1.165) is 27.5 Å². The molecule has 0 fully saturated rings. The van der Waals surface area contributed by atoms with Crippen LogP contribution in [0, 0.1) is 0 Å². The van der Waals surface area contributed by atoms with Crippen molar-refractivity contribution < 1.29 is 0 Å². The van der Waals surface area contributed by atoms with Crippen LogP contribution in [0.25, 0.3) is 74.0 Å². The Morgan fingerprint density at radius 1 is 0.412 bits per heavy atom. The van der Waals surface area contributed by atoms with Gasteiger partial charge in [-0.2, -0.15) is 0 Å². The summed E-state index contributed by atoms with van der Waals surface area (Å²) in [4.78, 5) is 7.75. The summed E-state index contributed by atoms with van der Waals surface area (Å²) in [6.45, 7) is 0. The molecule has 0 bridgehead atoms. The maximum absolute atomic E-state index is 5.31. The predicted molar refractivity (Wildman–Crippen MR) is 221 cm³/mol. The van der Waals surface area contributed by atoms with E-state index < -0.39 is 0 Å². The van der Waals surface area contributed by atoms with Crippen molar-refractivity contribution in [1.29, 1.82) is 0 Å². The van der Waals surface area contributed by atoms with Crippen molar-refractivity contribution in [2.24, 2.45) is 0 Å². The summed E-state index contributed by atoms with van der Waals surface area (Å²) in [5, 5.41) is 6.06. The summed E-state index contributed by atoms with van der Waals surface area (Å²) < 4.78 is 3.70. The molecule has 0 atom stereocenters. The third-order valence-corrected chi connectivity index (χ3v) is 11.9. The minimum Gasteiger partial charge on any atom is -0.308 e. The van der Waals surface area contributed by atoms with E-state index in [4.69, 9.17) is 4.98 Å². The van der Waals surface area contributed by atoms with Crippen LogP contribution in [0.3, 0.4) is 0 Å². The fourth-order valence-corrected chi connectivity index (χ4v) is 9.41. The predicted octanol–water partition coefficient (Wildman–Crippen LogP) is 14.3. The van der Waals surface area contributed by atoms with E-state index in [9.17, 15) is 0 Å². The number of anilines is 3. The van der Waals surface area contributed by atoms with Gasteiger partial charge in [-0.25, -0.2) is 4.98 Å². The first-order chi connectivity index (χ1) is 25.3. The van der Waals surface area contributed by atoms with Crippen LogP contribution in [0.5, 0.6) is 0 Å². The molecule has 0 aliphatic carbocycles. The lowest BCUT2D eigenvalue weighted by molar-refractivity contribution is 1.31. The maximum atomic E-state index is 5.31. The lowest BCUT2D eigenvalue weighted by Gasteiger charge is -2.27. The molecule has 240 valence electrons. The van der Waals surface area contributed by atoms with Gasteiger partial charge in [0.25, 0.3) is 0 Å². The Labute approximate surface area is 304 Å². The molecule has 8 aromatic carbocycles. The highest BCUT2D eigenvalue weighted by Gasteiger charge is 2.24. The van der Waals surface area contributed by atoms with E-state index in [2.05, 4.69) is 187 Å². The summed E-state index contributed by atoms with van der Waals surface area (Å²) in [6, 6.07) is 65.5. The molecule has 2 aromatic heterocycles. The molecule has 4 heteroatoms. The quantitative estimate of drug-likeness (QED) is 0.173. The minimum atomic E-state index is 1.02. The van der Waals surface area contributed by atoms with Crippen molar-refractivity contribution in [3.8, 4) is 32.8 Å². The van der Waals surface area contributed by atoms with Crippen molar-refractivity contribution in [2.45, 2.75) is 0 Å². The van der Waals surface area contributed by atoms with Crippen LogP contribution in [0.15, 0.2) is 182 Å². The average molecular weight is 687 g/mol. The van der Waals surface area contributed by atoms with Crippen LogP contribution in [-0.4, -0.2) is 4.98 Å². The zero-order valence-electron chi connectivity index (χ0n) is 27.5. The molecule has 2 heterocycles. The molecule has 10 rings (SSSR count). The summed E-state index contributed by atoms with van der Waals surface area (Å²) in [7, 11) is 0. The molecule has 0 spiro atoms. The summed E-state index contributed by atoms with van der Waals surface area (Å²) in [5.41, 5.74) is 10.4. The van der Waals surface area contributed by atoms with Crippen LogP contribution >= 0.6 is 22.7 Å². The van der Waals surface area contributed by atoms with Gasteiger partial charge in [-0.1, -0.05) is 140 Å². The van der Waals surface area contributed by atoms with Gasteiger partial charge in [0.2, 0.25) is 0 Å². The van der Waals surface area contributed by atoms with Gasteiger partial charge < -0.3 is 4.90 Å². The molecular weight excluding hydrogens is 657 g/mol. The maximum Gasteiger partial charge on any atom is 0.124 e. The number of hydrogen-bond acceptors (Lipinski definition) is 4. The summed E-state index contributed by atoms with van der Waals surface area (Å²) in [5.74, 6) is 0. The molecule has 10 aromatic rings. The fraction of sp³-hybridized carbons (Fsp3) is 0. The number of hydrogen-bond donors (Lipinski definition) is 0. The van der Waals surface area contributed by atoms with Gasteiger partial charge in [-0.3, -0.25) is 0 Å². The van der Waals surface area contributed by atoms with Gasteiger partial charge in [-0.05, 0) is 75.5 Å². The van der Waals surface area contributed by atoms with E-state index in [1.807, 2.05) is 11.3 Å². The number of fused-ring (bicyclic) bond motifs is 5. The molecular formula is C47H30N2S2. The number of rotatable bonds is 6. The first-order valence-electron chi connectivity index (χ1n) is 17.1. The fourth-order valence-electron chi connectivity index (χ4n) is 7.18. The van der Waals surface area contributed by atoms with Gasteiger partial charge in [0.1, 0.15) is 5.01 Å². The second-order valence-corrected chi connectivity index (χ2v) is 14.9. The van der Waals surface area contributed by atoms with Gasteiger partial charge >= 0.3 is 0 Å². The Balaban J connectivity index is 1.17.